The summed E-state index contributed by atoms with van der Waals surface area (Å²) in [6, 6.07) is -0.153. The quantitative estimate of drug-likeness (QED) is 0.803. The van der Waals surface area contributed by atoms with E-state index in [2.05, 4.69) is 5.32 Å². The Kier molecular flexibility index (Phi) is 6.07. The number of nitrogens with one attached hydrogen (secondary N) is 1. The highest BCUT2D eigenvalue weighted by Crippen LogP contribution is 2.17. The van der Waals surface area contributed by atoms with Crippen LogP contribution < -0.4 is 5.32 Å². The van der Waals surface area contributed by atoms with E-state index in [9.17, 15) is 4.79 Å². The zero-order valence-electron chi connectivity index (χ0n) is 12.4. The standard InChI is InChI=1S/C13H25NO3S/c1-9(8-16-10(18)12(2,3)4)14-11(15)17-13(5,6)7/h9H,8H2,1-7H3,(H,14,15)/t9-/m1/s1. The Labute approximate surface area is 115 Å². The average Bonchev–Trinajstić information content (AvgIpc) is 2.08. The van der Waals surface area contributed by atoms with Crippen LogP contribution in [0.3, 0.4) is 0 Å². The van der Waals surface area contributed by atoms with E-state index in [0.29, 0.717) is 11.7 Å². The highest BCUT2D eigenvalue weighted by molar-refractivity contribution is 7.80. The number of carbonyl (C=O) groups excluding carboxylic acids is 1. The van der Waals surface area contributed by atoms with Crippen LogP contribution in [0.25, 0.3) is 0 Å². The zero-order valence-corrected chi connectivity index (χ0v) is 13.2. The summed E-state index contributed by atoms with van der Waals surface area (Å²) in [5.41, 5.74) is -0.660. The molecule has 0 saturated carbocycles. The lowest BCUT2D eigenvalue weighted by Gasteiger charge is -2.24. The van der Waals surface area contributed by atoms with E-state index in [1.165, 1.54) is 0 Å². The molecule has 0 radical (unpaired) electrons. The van der Waals surface area contributed by atoms with Gasteiger partial charge >= 0.3 is 6.09 Å². The van der Waals surface area contributed by atoms with Gasteiger partial charge in [0.05, 0.1) is 6.04 Å². The topological polar surface area (TPSA) is 47.6 Å². The molecule has 0 aliphatic carbocycles. The number of carbonyl (C=O) groups is 1. The normalized spacial score (nSPS) is 13.7. The molecular formula is C13H25NO3S. The Morgan fingerprint density at radius 3 is 2.11 bits per heavy atom. The smallest absolute Gasteiger partial charge is 0.407 e. The molecule has 1 N–H and O–H groups in total. The Balaban J connectivity index is 4.03. The van der Waals surface area contributed by atoms with Crippen molar-refractivity contribution in [2.24, 2.45) is 5.41 Å². The van der Waals surface area contributed by atoms with Crippen molar-refractivity contribution in [3.63, 3.8) is 0 Å². The summed E-state index contributed by atoms with van der Waals surface area (Å²) in [5.74, 6) is 0. The summed E-state index contributed by atoms with van der Waals surface area (Å²) in [5, 5.41) is 3.24. The van der Waals surface area contributed by atoms with Crippen LogP contribution in [0.4, 0.5) is 4.79 Å². The van der Waals surface area contributed by atoms with Crippen LogP contribution in [0.2, 0.25) is 0 Å². The first-order valence-corrected chi connectivity index (χ1v) is 6.49. The fourth-order valence-corrected chi connectivity index (χ4v) is 1.04. The Bertz CT molecular complexity index is 302. The molecule has 0 aliphatic heterocycles. The molecule has 0 bridgehead atoms. The molecule has 5 heteroatoms. The second kappa shape index (κ2) is 6.36. The van der Waals surface area contributed by atoms with Crippen molar-refractivity contribution in [3.05, 3.63) is 0 Å². The Hall–Kier alpha value is -0.840. The fraction of sp³-hybridized carbons (Fsp3) is 0.846. The third-order valence-corrected chi connectivity index (χ3v) is 2.57. The molecule has 4 nitrogen and oxygen atoms in total. The van der Waals surface area contributed by atoms with E-state index in [-0.39, 0.29) is 11.5 Å². The lowest BCUT2D eigenvalue weighted by atomic mass is 9.98. The molecule has 0 unspecified atom stereocenters. The first-order valence-electron chi connectivity index (χ1n) is 6.08. The highest BCUT2D eigenvalue weighted by atomic mass is 32.1. The van der Waals surface area contributed by atoms with Crippen LogP contribution in [0.5, 0.6) is 0 Å². The van der Waals surface area contributed by atoms with E-state index < -0.39 is 11.7 Å². The molecule has 0 saturated heterocycles. The second-order valence-electron chi connectivity index (χ2n) is 6.40. The minimum Gasteiger partial charge on any atom is -0.484 e. The number of amides is 1. The van der Waals surface area contributed by atoms with Gasteiger partial charge in [-0.1, -0.05) is 20.8 Å². The Morgan fingerprint density at radius 1 is 1.22 bits per heavy atom. The maximum Gasteiger partial charge on any atom is 0.407 e. The van der Waals surface area contributed by atoms with Crippen LogP contribution in [0.1, 0.15) is 48.5 Å². The molecule has 0 fully saturated rings. The first-order chi connectivity index (χ1) is 7.92. The zero-order chi connectivity index (χ0) is 14.6. The lowest BCUT2D eigenvalue weighted by molar-refractivity contribution is 0.0491. The monoisotopic (exact) mass is 275 g/mol. The van der Waals surface area contributed by atoms with Gasteiger partial charge in [0.2, 0.25) is 0 Å². The molecule has 18 heavy (non-hydrogen) atoms. The molecule has 0 aliphatic rings. The molecule has 0 aromatic rings. The summed E-state index contributed by atoms with van der Waals surface area (Å²) in [6.45, 7) is 13.6. The van der Waals surface area contributed by atoms with Crippen molar-refractivity contribution >= 4 is 23.4 Å². The van der Waals surface area contributed by atoms with E-state index in [1.807, 2.05) is 48.5 Å². The summed E-state index contributed by atoms with van der Waals surface area (Å²) in [4.78, 5) is 11.5. The van der Waals surface area contributed by atoms with Gasteiger partial charge in [-0.3, -0.25) is 0 Å². The number of ether oxygens (including phenoxy) is 2. The van der Waals surface area contributed by atoms with Crippen LogP contribution in [-0.2, 0) is 9.47 Å². The predicted octanol–water partition coefficient (Wildman–Crippen LogP) is 3.29. The maximum absolute atomic E-state index is 11.5. The second-order valence-corrected chi connectivity index (χ2v) is 6.77. The van der Waals surface area contributed by atoms with Gasteiger partial charge in [-0.15, -0.1) is 0 Å². The third kappa shape index (κ3) is 8.28. The van der Waals surface area contributed by atoms with Crippen molar-refractivity contribution in [2.75, 3.05) is 6.61 Å². The molecule has 0 aromatic carbocycles. The van der Waals surface area contributed by atoms with E-state index >= 15 is 0 Å². The SMILES string of the molecule is C[C@H](COC(=S)C(C)(C)C)NC(=O)OC(C)(C)C. The van der Waals surface area contributed by atoms with Crippen LogP contribution in [0.15, 0.2) is 0 Å². The molecule has 106 valence electrons. The van der Waals surface area contributed by atoms with Gasteiger partial charge in [-0.2, -0.15) is 0 Å². The molecule has 1 atom stereocenters. The number of rotatable bonds is 3. The van der Waals surface area contributed by atoms with Crippen molar-refractivity contribution in [3.8, 4) is 0 Å². The number of hydrogen-bond acceptors (Lipinski definition) is 4. The molecule has 0 rings (SSSR count). The van der Waals surface area contributed by atoms with Gasteiger partial charge in [0.25, 0.3) is 0 Å². The molecule has 0 spiro atoms. The van der Waals surface area contributed by atoms with Gasteiger partial charge in [-0.25, -0.2) is 4.79 Å². The highest BCUT2D eigenvalue weighted by Gasteiger charge is 2.21. The number of hydrogen-bond donors (Lipinski definition) is 1. The Morgan fingerprint density at radius 2 is 1.72 bits per heavy atom. The van der Waals surface area contributed by atoms with Crippen LogP contribution in [0, 0.1) is 5.41 Å². The third-order valence-electron chi connectivity index (χ3n) is 1.84. The summed E-state index contributed by atoms with van der Waals surface area (Å²) >= 11 is 5.14. The van der Waals surface area contributed by atoms with Gasteiger partial charge in [-0.05, 0) is 39.9 Å². The van der Waals surface area contributed by atoms with Crippen molar-refractivity contribution in [1.29, 1.82) is 0 Å². The minimum atomic E-state index is -0.495. The summed E-state index contributed by atoms with van der Waals surface area (Å²) < 4.78 is 10.6. The predicted molar refractivity (Wildman–Crippen MR) is 76.8 cm³/mol. The van der Waals surface area contributed by atoms with Crippen molar-refractivity contribution < 1.29 is 14.3 Å². The first kappa shape index (κ1) is 17.2. The maximum atomic E-state index is 11.5. The van der Waals surface area contributed by atoms with Crippen molar-refractivity contribution in [1.82, 2.24) is 5.32 Å². The van der Waals surface area contributed by atoms with Gasteiger partial charge < -0.3 is 14.8 Å². The summed E-state index contributed by atoms with van der Waals surface area (Å²) in [7, 11) is 0. The fourth-order valence-electron chi connectivity index (χ4n) is 0.968. The molecule has 0 heterocycles. The molecule has 0 aromatic heterocycles. The van der Waals surface area contributed by atoms with Crippen molar-refractivity contribution in [2.45, 2.75) is 60.1 Å². The van der Waals surface area contributed by atoms with Crippen LogP contribution in [-0.4, -0.2) is 29.4 Å². The average molecular weight is 275 g/mol. The molecular weight excluding hydrogens is 250 g/mol. The van der Waals surface area contributed by atoms with Gasteiger partial charge in [0.15, 0.2) is 5.05 Å². The summed E-state index contributed by atoms with van der Waals surface area (Å²) in [6.07, 6.45) is -0.444. The largest absolute Gasteiger partial charge is 0.484 e. The minimum absolute atomic E-state index is 0.153. The van der Waals surface area contributed by atoms with E-state index in [1.54, 1.807) is 0 Å². The van der Waals surface area contributed by atoms with E-state index in [0.717, 1.165) is 0 Å². The van der Waals surface area contributed by atoms with Crippen LogP contribution >= 0.6 is 12.2 Å². The number of alkyl carbamates (subject to hydrolysis) is 1. The lowest BCUT2D eigenvalue weighted by Crippen LogP contribution is -2.40. The van der Waals surface area contributed by atoms with Gasteiger partial charge in [0.1, 0.15) is 12.2 Å². The number of thiocarbonyl (C=S) groups is 1. The molecule has 1 amide bonds. The van der Waals surface area contributed by atoms with Gasteiger partial charge in [0, 0.05) is 5.41 Å². The van der Waals surface area contributed by atoms with E-state index in [4.69, 9.17) is 21.7 Å².